The molecular weight excluding hydrogens is 292 g/mol. The monoisotopic (exact) mass is 311 g/mol. The lowest BCUT2D eigenvalue weighted by Crippen LogP contribution is -2.50. The van der Waals surface area contributed by atoms with Crippen LogP contribution in [0.4, 0.5) is 20.2 Å². The molecule has 22 heavy (non-hydrogen) atoms. The highest BCUT2D eigenvalue weighted by Gasteiger charge is 2.32. The Balaban J connectivity index is 2.25. The molecule has 2 amide bonds. The summed E-state index contributed by atoms with van der Waals surface area (Å²) in [6.45, 7) is 5.76. The minimum absolute atomic E-state index is 0.168. The lowest BCUT2D eigenvalue weighted by Gasteiger charge is -2.33. The minimum atomic E-state index is -1.06. The molecule has 5 nitrogen and oxygen atoms in total. The van der Waals surface area contributed by atoms with Crippen molar-refractivity contribution in [2.24, 2.45) is 5.92 Å². The number of nitrogens with one attached hydrogen (secondary N) is 2. The maximum atomic E-state index is 13.5. The van der Waals surface area contributed by atoms with Gasteiger partial charge in [0.1, 0.15) is 12.6 Å². The molecule has 1 aromatic rings. The van der Waals surface area contributed by atoms with Crippen LogP contribution < -0.4 is 15.5 Å². The van der Waals surface area contributed by atoms with E-state index in [0.29, 0.717) is 12.2 Å². The molecule has 0 bridgehead atoms. The molecule has 0 saturated carbocycles. The van der Waals surface area contributed by atoms with Crippen LogP contribution in [0.15, 0.2) is 12.1 Å². The van der Waals surface area contributed by atoms with Gasteiger partial charge < -0.3 is 10.6 Å². The molecule has 0 aromatic heterocycles. The van der Waals surface area contributed by atoms with E-state index in [9.17, 15) is 18.4 Å². The smallest absolute Gasteiger partial charge is 0.249 e. The first-order valence-electron chi connectivity index (χ1n) is 7.13. The Labute approximate surface area is 127 Å². The number of carbonyl (C=O) groups is 2. The van der Waals surface area contributed by atoms with Gasteiger partial charge in [-0.25, -0.2) is 8.78 Å². The molecule has 1 aromatic carbocycles. The molecule has 2 N–H and O–H groups in total. The third-order valence-electron chi connectivity index (χ3n) is 3.35. The van der Waals surface area contributed by atoms with Gasteiger partial charge in [0, 0.05) is 18.7 Å². The van der Waals surface area contributed by atoms with Gasteiger partial charge in [0.2, 0.25) is 11.8 Å². The summed E-state index contributed by atoms with van der Waals surface area (Å²) in [7, 11) is 0. The maximum absolute atomic E-state index is 13.5. The predicted molar refractivity (Wildman–Crippen MR) is 79.6 cm³/mol. The van der Waals surface area contributed by atoms with Gasteiger partial charge in [-0.2, -0.15) is 0 Å². The van der Waals surface area contributed by atoms with E-state index in [2.05, 4.69) is 10.6 Å². The molecule has 0 aliphatic carbocycles. The highest BCUT2D eigenvalue weighted by atomic mass is 19.2. The standard InChI is InChI=1S/C15H19F2N3O2/c1-8(2)6-18-14(21)7-20-13-5-11(17)10(16)4-12(13)19-9(3)15(20)22/h4-5,8-9,19H,6-7H2,1-3H3,(H,18,21). The molecule has 0 spiro atoms. The second kappa shape index (κ2) is 6.29. The maximum Gasteiger partial charge on any atom is 0.249 e. The molecule has 0 fully saturated rings. The van der Waals surface area contributed by atoms with Crippen molar-refractivity contribution in [3.8, 4) is 0 Å². The average molecular weight is 311 g/mol. The van der Waals surface area contributed by atoms with Crippen LogP contribution in [0, 0.1) is 17.6 Å². The van der Waals surface area contributed by atoms with Gasteiger partial charge in [-0.3, -0.25) is 14.5 Å². The summed E-state index contributed by atoms with van der Waals surface area (Å²) in [5, 5.41) is 5.50. The highest BCUT2D eigenvalue weighted by Crippen LogP contribution is 2.33. The average Bonchev–Trinajstić information content (AvgIpc) is 2.44. The van der Waals surface area contributed by atoms with E-state index in [1.165, 1.54) is 4.90 Å². The number of carbonyl (C=O) groups excluding carboxylic acids is 2. The Bertz CT molecular complexity index is 605. The zero-order valence-corrected chi connectivity index (χ0v) is 12.7. The Kier molecular flexibility index (Phi) is 4.63. The first kappa shape index (κ1) is 16.2. The van der Waals surface area contributed by atoms with Gasteiger partial charge >= 0.3 is 0 Å². The third-order valence-corrected chi connectivity index (χ3v) is 3.35. The number of hydrogen-bond donors (Lipinski definition) is 2. The number of benzene rings is 1. The van der Waals surface area contributed by atoms with E-state index in [-0.39, 0.29) is 30.0 Å². The molecule has 1 aliphatic heterocycles. The summed E-state index contributed by atoms with van der Waals surface area (Å²) >= 11 is 0. The molecule has 1 unspecified atom stereocenters. The van der Waals surface area contributed by atoms with Crippen molar-refractivity contribution in [3.05, 3.63) is 23.8 Å². The van der Waals surface area contributed by atoms with Crippen molar-refractivity contribution in [2.75, 3.05) is 23.3 Å². The molecule has 0 saturated heterocycles. The van der Waals surface area contributed by atoms with Crippen LogP contribution in [0.1, 0.15) is 20.8 Å². The van der Waals surface area contributed by atoms with Crippen LogP contribution >= 0.6 is 0 Å². The molecule has 1 heterocycles. The van der Waals surface area contributed by atoms with Crippen LogP contribution in [0.3, 0.4) is 0 Å². The fourth-order valence-corrected chi connectivity index (χ4v) is 2.20. The topological polar surface area (TPSA) is 61.4 Å². The van der Waals surface area contributed by atoms with Crippen molar-refractivity contribution < 1.29 is 18.4 Å². The van der Waals surface area contributed by atoms with E-state index in [0.717, 1.165) is 12.1 Å². The summed E-state index contributed by atoms with van der Waals surface area (Å²) in [4.78, 5) is 25.3. The minimum Gasteiger partial charge on any atom is -0.372 e. The van der Waals surface area contributed by atoms with E-state index in [4.69, 9.17) is 0 Å². The lowest BCUT2D eigenvalue weighted by atomic mass is 10.1. The SMILES string of the molecule is CC(C)CNC(=O)CN1C(=O)C(C)Nc2cc(F)c(F)cc21. The van der Waals surface area contributed by atoms with Gasteiger partial charge in [-0.15, -0.1) is 0 Å². The second-order valence-electron chi connectivity index (χ2n) is 5.77. The quantitative estimate of drug-likeness (QED) is 0.892. The van der Waals surface area contributed by atoms with Crippen molar-refractivity contribution in [2.45, 2.75) is 26.8 Å². The van der Waals surface area contributed by atoms with Crippen LogP contribution in [0.25, 0.3) is 0 Å². The summed E-state index contributed by atoms with van der Waals surface area (Å²) < 4.78 is 26.8. The zero-order valence-electron chi connectivity index (χ0n) is 12.7. The molecule has 0 radical (unpaired) electrons. The fourth-order valence-electron chi connectivity index (χ4n) is 2.20. The molecule has 1 aliphatic rings. The van der Waals surface area contributed by atoms with E-state index in [1.54, 1.807) is 6.92 Å². The van der Waals surface area contributed by atoms with Gasteiger partial charge in [0.25, 0.3) is 0 Å². The predicted octanol–water partition coefficient (Wildman–Crippen LogP) is 1.88. The summed E-state index contributed by atoms with van der Waals surface area (Å²) in [5.41, 5.74) is 0.462. The number of fused-ring (bicyclic) bond motifs is 1. The van der Waals surface area contributed by atoms with Crippen LogP contribution in [0.2, 0.25) is 0 Å². The van der Waals surface area contributed by atoms with Gasteiger partial charge in [-0.05, 0) is 12.8 Å². The van der Waals surface area contributed by atoms with E-state index in [1.807, 2.05) is 13.8 Å². The number of amides is 2. The number of anilines is 2. The molecule has 2 rings (SSSR count). The molecule has 1 atom stereocenters. The van der Waals surface area contributed by atoms with Gasteiger partial charge in [-0.1, -0.05) is 13.8 Å². The largest absolute Gasteiger partial charge is 0.372 e. The van der Waals surface area contributed by atoms with Crippen molar-refractivity contribution >= 4 is 23.2 Å². The summed E-state index contributed by atoms with van der Waals surface area (Å²) in [6, 6.07) is 1.30. The summed E-state index contributed by atoms with van der Waals surface area (Å²) in [6.07, 6.45) is 0. The van der Waals surface area contributed by atoms with Crippen molar-refractivity contribution in [3.63, 3.8) is 0 Å². The zero-order chi connectivity index (χ0) is 16.4. The van der Waals surface area contributed by atoms with E-state index >= 15 is 0 Å². The Hall–Kier alpha value is -2.18. The normalized spacial score (nSPS) is 17.3. The summed E-state index contributed by atoms with van der Waals surface area (Å²) in [5.74, 6) is -2.49. The number of nitrogens with zero attached hydrogens (tertiary/aromatic N) is 1. The highest BCUT2D eigenvalue weighted by molar-refractivity contribution is 6.07. The Morgan fingerprint density at radius 3 is 2.64 bits per heavy atom. The van der Waals surface area contributed by atoms with Crippen molar-refractivity contribution in [1.82, 2.24) is 5.32 Å². The molecule has 120 valence electrons. The van der Waals surface area contributed by atoms with Crippen LogP contribution in [-0.4, -0.2) is 30.9 Å². The van der Waals surface area contributed by atoms with Crippen LogP contribution in [-0.2, 0) is 9.59 Å². The number of halogens is 2. The fraction of sp³-hybridized carbons (Fsp3) is 0.467. The third kappa shape index (κ3) is 3.35. The second-order valence-corrected chi connectivity index (χ2v) is 5.77. The lowest BCUT2D eigenvalue weighted by molar-refractivity contribution is -0.124. The Morgan fingerprint density at radius 2 is 2.00 bits per heavy atom. The van der Waals surface area contributed by atoms with E-state index < -0.39 is 17.7 Å². The molecular formula is C15H19F2N3O2. The first-order chi connectivity index (χ1) is 10.3. The Morgan fingerprint density at radius 1 is 1.36 bits per heavy atom. The van der Waals surface area contributed by atoms with Crippen LogP contribution in [0.5, 0.6) is 0 Å². The molecule has 7 heteroatoms. The van der Waals surface area contributed by atoms with Gasteiger partial charge in [0.05, 0.1) is 11.4 Å². The number of rotatable bonds is 4. The van der Waals surface area contributed by atoms with Gasteiger partial charge in [0.15, 0.2) is 11.6 Å². The number of hydrogen-bond acceptors (Lipinski definition) is 3. The van der Waals surface area contributed by atoms with Crippen molar-refractivity contribution in [1.29, 1.82) is 0 Å². The first-order valence-corrected chi connectivity index (χ1v) is 7.13.